The first-order chi connectivity index (χ1) is 10.0. The third-order valence-corrected chi connectivity index (χ3v) is 4.88. The van der Waals surface area contributed by atoms with E-state index in [1.54, 1.807) is 16.2 Å². The minimum Gasteiger partial charge on any atom is -0.481 e. The van der Waals surface area contributed by atoms with Gasteiger partial charge in [-0.3, -0.25) is 4.79 Å². The van der Waals surface area contributed by atoms with Gasteiger partial charge in [-0.25, -0.2) is 4.79 Å². The van der Waals surface area contributed by atoms with E-state index < -0.39 is 11.5 Å². The van der Waals surface area contributed by atoms with Crippen LogP contribution in [0.4, 0.5) is 4.79 Å². The first-order valence-corrected chi connectivity index (χ1v) is 8.24. The summed E-state index contributed by atoms with van der Waals surface area (Å²) in [6.07, 6.45) is 3.47. The molecular weight excluding hydrogens is 288 g/mol. The zero-order valence-corrected chi connectivity index (χ0v) is 13.1. The van der Waals surface area contributed by atoms with Crippen LogP contribution < -0.4 is 5.32 Å². The average Bonchev–Trinajstić information content (AvgIpc) is 3.07. The monoisotopic (exact) mass is 310 g/mol. The molecule has 2 amide bonds. The molecule has 1 aliphatic carbocycles. The first kappa shape index (κ1) is 15.8. The molecule has 0 bridgehead atoms. The Kier molecular flexibility index (Phi) is 5.22. The van der Waals surface area contributed by atoms with Crippen molar-refractivity contribution in [3.8, 4) is 0 Å². The Morgan fingerprint density at radius 2 is 2.14 bits per heavy atom. The van der Waals surface area contributed by atoms with E-state index in [-0.39, 0.29) is 12.5 Å². The molecule has 1 saturated carbocycles. The molecule has 0 radical (unpaired) electrons. The number of amides is 2. The zero-order valence-electron chi connectivity index (χ0n) is 12.3. The van der Waals surface area contributed by atoms with Crippen molar-refractivity contribution in [2.45, 2.75) is 51.1 Å². The quantitative estimate of drug-likeness (QED) is 0.848. The summed E-state index contributed by atoms with van der Waals surface area (Å²) in [7, 11) is 0. The normalized spacial score (nSPS) is 16.6. The van der Waals surface area contributed by atoms with Gasteiger partial charge in [-0.05, 0) is 31.2 Å². The summed E-state index contributed by atoms with van der Waals surface area (Å²) in [6.45, 7) is 3.11. The molecule has 2 N–H and O–H groups in total. The lowest BCUT2D eigenvalue weighted by Crippen LogP contribution is -2.52. The number of nitrogens with one attached hydrogen (secondary N) is 1. The zero-order chi connectivity index (χ0) is 15.3. The Morgan fingerprint density at radius 3 is 2.67 bits per heavy atom. The van der Waals surface area contributed by atoms with Gasteiger partial charge in [-0.1, -0.05) is 18.9 Å². The summed E-state index contributed by atoms with van der Waals surface area (Å²) >= 11 is 1.62. The molecule has 0 atom stereocenters. The van der Waals surface area contributed by atoms with Gasteiger partial charge in [0.15, 0.2) is 0 Å². The topological polar surface area (TPSA) is 69.6 Å². The summed E-state index contributed by atoms with van der Waals surface area (Å²) in [5.74, 6) is -0.849. The number of carboxylic acid groups (broad SMARTS) is 1. The van der Waals surface area contributed by atoms with Crippen molar-refractivity contribution in [2.24, 2.45) is 0 Å². The highest BCUT2D eigenvalue weighted by atomic mass is 32.1. The smallest absolute Gasteiger partial charge is 0.318 e. The number of rotatable bonds is 6. The molecule has 1 heterocycles. The fraction of sp³-hybridized carbons (Fsp3) is 0.600. The van der Waals surface area contributed by atoms with Gasteiger partial charge in [0, 0.05) is 11.4 Å². The number of urea groups is 1. The van der Waals surface area contributed by atoms with E-state index in [2.05, 4.69) is 5.32 Å². The summed E-state index contributed by atoms with van der Waals surface area (Å²) in [5.41, 5.74) is -0.564. The Labute approximate surface area is 129 Å². The minimum absolute atomic E-state index is 0.00922. The summed E-state index contributed by atoms with van der Waals surface area (Å²) < 4.78 is 0. The van der Waals surface area contributed by atoms with Crippen molar-refractivity contribution in [1.29, 1.82) is 0 Å². The van der Waals surface area contributed by atoms with Gasteiger partial charge in [0.25, 0.3) is 0 Å². The molecule has 0 aliphatic heterocycles. The van der Waals surface area contributed by atoms with Crippen LogP contribution in [0.15, 0.2) is 17.5 Å². The van der Waals surface area contributed by atoms with Crippen LogP contribution in [0.25, 0.3) is 0 Å². The van der Waals surface area contributed by atoms with Crippen molar-refractivity contribution >= 4 is 23.3 Å². The SMILES string of the molecule is CCN(Cc1cccs1)C(=O)NC1(CC(=O)O)CCCC1. The van der Waals surface area contributed by atoms with E-state index >= 15 is 0 Å². The number of carboxylic acids is 1. The van der Waals surface area contributed by atoms with Crippen LogP contribution in [0, 0.1) is 0 Å². The van der Waals surface area contributed by atoms with Gasteiger partial charge in [0.2, 0.25) is 0 Å². The minimum atomic E-state index is -0.849. The number of hydrogen-bond acceptors (Lipinski definition) is 3. The lowest BCUT2D eigenvalue weighted by atomic mass is 9.93. The molecule has 0 saturated heterocycles. The van der Waals surface area contributed by atoms with Gasteiger partial charge in [0.05, 0.1) is 18.5 Å². The fourth-order valence-corrected chi connectivity index (χ4v) is 3.63. The van der Waals surface area contributed by atoms with Crippen LogP contribution in [0.3, 0.4) is 0 Å². The molecule has 0 spiro atoms. The van der Waals surface area contributed by atoms with Crippen LogP contribution in [-0.2, 0) is 11.3 Å². The van der Waals surface area contributed by atoms with Gasteiger partial charge in [-0.2, -0.15) is 0 Å². The number of thiophene rings is 1. The number of hydrogen-bond donors (Lipinski definition) is 2. The highest BCUT2D eigenvalue weighted by molar-refractivity contribution is 7.09. The first-order valence-electron chi connectivity index (χ1n) is 7.36. The van der Waals surface area contributed by atoms with Gasteiger partial charge >= 0.3 is 12.0 Å². The van der Waals surface area contributed by atoms with Crippen molar-refractivity contribution in [2.75, 3.05) is 6.54 Å². The van der Waals surface area contributed by atoms with E-state index in [0.717, 1.165) is 30.6 Å². The van der Waals surface area contributed by atoms with Crippen LogP contribution in [-0.4, -0.2) is 34.1 Å². The number of carbonyl (C=O) groups is 2. The van der Waals surface area contributed by atoms with Gasteiger partial charge < -0.3 is 15.3 Å². The predicted octanol–water partition coefficient (Wildman–Crippen LogP) is 3.07. The maximum absolute atomic E-state index is 12.5. The largest absolute Gasteiger partial charge is 0.481 e. The van der Waals surface area contributed by atoms with Crippen molar-refractivity contribution in [3.63, 3.8) is 0 Å². The lowest BCUT2D eigenvalue weighted by molar-refractivity contribution is -0.138. The average molecular weight is 310 g/mol. The summed E-state index contributed by atoms with van der Waals surface area (Å²) in [4.78, 5) is 26.4. The number of carbonyl (C=O) groups excluding carboxylic acids is 1. The summed E-state index contributed by atoms with van der Waals surface area (Å²) in [6, 6.07) is 3.81. The number of aliphatic carboxylic acids is 1. The molecule has 1 aromatic rings. The molecule has 1 fully saturated rings. The van der Waals surface area contributed by atoms with E-state index in [1.807, 2.05) is 24.4 Å². The second-order valence-electron chi connectivity index (χ2n) is 5.58. The maximum atomic E-state index is 12.5. The van der Waals surface area contributed by atoms with Crippen LogP contribution in [0.2, 0.25) is 0 Å². The van der Waals surface area contributed by atoms with Gasteiger partial charge in [0.1, 0.15) is 0 Å². The third-order valence-electron chi connectivity index (χ3n) is 4.02. The van der Waals surface area contributed by atoms with E-state index in [4.69, 9.17) is 5.11 Å². The lowest BCUT2D eigenvalue weighted by Gasteiger charge is -2.32. The van der Waals surface area contributed by atoms with E-state index in [9.17, 15) is 9.59 Å². The Bertz CT molecular complexity index is 481. The maximum Gasteiger partial charge on any atom is 0.318 e. The predicted molar refractivity (Wildman–Crippen MR) is 82.4 cm³/mol. The highest BCUT2D eigenvalue weighted by Gasteiger charge is 2.38. The second-order valence-corrected chi connectivity index (χ2v) is 6.61. The molecule has 2 rings (SSSR count). The van der Waals surface area contributed by atoms with Crippen LogP contribution in [0.5, 0.6) is 0 Å². The van der Waals surface area contributed by atoms with E-state index in [1.165, 1.54) is 0 Å². The molecule has 0 aromatic carbocycles. The van der Waals surface area contributed by atoms with Gasteiger partial charge in [-0.15, -0.1) is 11.3 Å². The molecule has 5 nitrogen and oxygen atoms in total. The molecular formula is C15H22N2O3S. The third kappa shape index (κ3) is 4.20. The Balaban J connectivity index is 2.01. The molecule has 6 heteroatoms. The Hall–Kier alpha value is -1.56. The van der Waals surface area contributed by atoms with Crippen molar-refractivity contribution in [1.82, 2.24) is 10.2 Å². The standard InChI is InChI=1S/C15H22N2O3S/c1-2-17(11-12-6-5-9-21-12)14(20)16-15(10-13(18)19)7-3-4-8-15/h5-6,9H,2-4,7-8,10-11H2,1H3,(H,16,20)(H,18,19). The van der Waals surface area contributed by atoms with E-state index in [0.29, 0.717) is 13.1 Å². The summed E-state index contributed by atoms with van der Waals surface area (Å²) in [5, 5.41) is 14.1. The molecule has 1 aliphatic rings. The van der Waals surface area contributed by atoms with Crippen molar-refractivity contribution in [3.05, 3.63) is 22.4 Å². The van der Waals surface area contributed by atoms with Crippen LogP contribution >= 0.6 is 11.3 Å². The van der Waals surface area contributed by atoms with Crippen LogP contribution in [0.1, 0.15) is 43.9 Å². The molecule has 0 unspecified atom stereocenters. The fourth-order valence-electron chi connectivity index (χ4n) is 2.91. The highest BCUT2D eigenvalue weighted by Crippen LogP contribution is 2.33. The Morgan fingerprint density at radius 1 is 1.43 bits per heavy atom. The molecule has 21 heavy (non-hydrogen) atoms. The number of nitrogens with zero attached hydrogens (tertiary/aromatic N) is 1. The second kappa shape index (κ2) is 6.93. The van der Waals surface area contributed by atoms with Crippen molar-refractivity contribution < 1.29 is 14.7 Å². The molecule has 116 valence electrons. The molecule has 1 aromatic heterocycles.